The lowest BCUT2D eigenvalue weighted by atomic mass is 9.95. The van der Waals surface area contributed by atoms with Crippen molar-refractivity contribution in [3.63, 3.8) is 0 Å². The van der Waals surface area contributed by atoms with Crippen molar-refractivity contribution in [2.75, 3.05) is 7.11 Å². The first-order valence-corrected chi connectivity index (χ1v) is 7.77. The molecule has 1 atom stereocenters. The summed E-state index contributed by atoms with van der Waals surface area (Å²) in [5.74, 6) is 0.280. The Morgan fingerprint density at radius 2 is 1.50 bits per heavy atom. The zero-order chi connectivity index (χ0) is 17.7. The summed E-state index contributed by atoms with van der Waals surface area (Å²) < 4.78 is 5.17. The molecule has 0 fully saturated rings. The predicted octanol–water partition coefficient (Wildman–Crippen LogP) is 2.92. The van der Waals surface area contributed by atoms with Gasteiger partial charge in [0.15, 0.2) is 0 Å². The van der Waals surface area contributed by atoms with Gasteiger partial charge in [-0.25, -0.2) is 0 Å². The van der Waals surface area contributed by atoms with Crippen molar-refractivity contribution in [2.45, 2.75) is 19.9 Å². The van der Waals surface area contributed by atoms with Crippen LogP contribution in [-0.2, 0) is 0 Å². The van der Waals surface area contributed by atoms with Gasteiger partial charge in [-0.1, -0.05) is 26.0 Å². The van der Waals surface area contributed by atoms with Gasteiger partial charge in [0.25, 0.3) is 5.91 Å². The van der Waals surface area contributed by atoms with Crippen LogP contribution in [0, 0.1) is 5.92 Å². The molecule has 0 spiro atoms. The maximum absolute atomic E-state index is 12.5. The Labute approximate surface area is 141 Å². The first-order valence-electron chi connectivity index (χ1n) is 7.77. The number of nitrogens with one attached hydrogen (secondary N) is 1. The van der Waals surface area contributed by atoms with Crippen molar-refractivity contribution in [1.82, 2.24) is 5.32 Å². The number of ether oxygens (including phenoxy) is 1. The number of carbonyl (C=O) groups is 2. The largest absolute Gasteiger partial charge is 0.497 e. The summed E-state index contributed by atoms with van der Waals surface area (Å²) in [5, 5.41) is 3.04. The van der Waals surface area contributed by atoms with E-state index in [1.54, 1.807) is 31.4 Å². The number of hydrogen-bond donors (Lipinski definition) is 2. The highest BCUT2D eigenvalue weighted by molar-refractivity contribution is 5.97. The highest BCUT2D eigenvalue weighted by atomic mass is 16.5. The first kappa shape index (κ1) is 17.5. The van der Waals surface area contributed by atoms with Crippen LogP contribution in [0.5, 0.6) is 5.75 Å². The maximum Gasteiger partial charge on any atom is 0.251 e. The highest BCUT2D eigenvalue weighted by Crippen LogP contribution is 2.24. The van der Waals surface area contributed by atoms with E-state index in [9.17, 15) is 9.59 Å². The number of hydrogen-bond acceptors (Lipinski definition) is 3. The van der Waals surface area contributed by atoms with Crippen molar-refractivity contribution in [3.8, 4) is 5.75 Å². The van der Waals surface area contributed by atoms with Gasteiger partial charge in [-0.05, 0) is 47.9 Å². The third-order valence-corrected chi connectivity index (χ3v) is 3.86. The third-order valence-electron chi connectivity index (χ3n) is 3.86. The molecule has 2 rings (SSSR count). The molecular weight excluding hydrogens is 304 g/mol. The molecule has 1 unspecified atom stereocenters. The molecule has 0 saturated heterocycles. The van der Waals surface area contributed by atoms with Crippen LogP contribution < -0.4 is 15.8 Å². The molecule has 3 N–H and O–H groups in total. The standard InChI is InChI=1S/C19H22N2O3/c1-12(2)17(13-8-10-16(24-3)11-9-13)21-19(23)15-6-4-14(5-7-15)18(20)22/h4-12,17H,1-3H3,(H2,20,22)(H,21,23). The molecule has 126 valence electrons. The van der Waals surface area contributed by atoms with E-state index in [1.165, 1.54) is 0 Å². The molecule has 2 amide bonds. The summed E-state index contributed by atoms with van der Waals surface area (Å²) in [7, 11) is 1.62. The van der Waals surface area contributed by atoms with Gasteiger partial charge in [0.1, 0.15) is 5.75 Å². The van der Waals surface area contributed by atoms with Crippen LogP contribution in [0.2, 0.25) is 0 Å². The Kier molecular flexibility index (Phi) is 5.58. The van der Waals surface area contributed by atoms with Crippen LogP contribution in [-0.4, -0.2) is 18.9 Å². The van der Waals surface area contributed by atoms with Gasteiger partial charge in [-0.3, -0.25) is 9.59 Å². The minimum absolute atomic E-state index is 0.126. The molecule has 0 aromatic heterocycles. The Morgan fingerprint density at radius 3 is 1.96 bits per heavy atom. The molecule has 5 nitrogen and oxygen atoms in total. The van der Waals surface area contributed by atoms with Crippen molar-refractivity contribution >= 4 is 11.8 Å². The fourth-order valence-electron chi connectivity index (χ4n) is 2.46. The highest BCUT2D eigenvalue weighted by Gasteiger charge is 2.19. The monoisotopic (exact) mass is 326 g/mol. The molecule has 2 aromatic carbocycles. The van der Waals surface area contributed by atoms with E-state index in [2.05, 4.69) is 5.32 Å². The number of rotatable bonds is 6. The van der Waals surface area contributed by atoms with Gasteiger partial charge in [0.2, 0.25) is 5.91 Å². The van der Waals surface area contributed by atoms with Gasteiger partial charge in [0.05, 0.1) is 13.2 Å². The van der Waals surface area contributed by atoms with Crippen molar-refractivity contribution in [1.29, 1.82) is 0 Å². The zero-order valence-electron chi connectivity index (χ0n) is 14.1. The molecular formula is C19H22N2O3. The van der Waals surface area contributed by atoms with Crippen LogP contribution in [0.25, 0.3) is 0 Å². The molecule has 0 bridgehead atoms. The summed E-state index contributed by atoms with van der Waals surface area (Å²) in [6.45, 7) is 4.09. The van der Waals surface area contributed by atoms with Crippen LogP contribution >= 0.6 is 0 Å². The molecule has 0 heterocycles. The lowest BCUT2D eigenvalue weighted by molar-refractivity contribution is 0.0924. The molecule has 0 saturated carbocycles. The number of benzene rings is 2. The smallest absolute Gasteiger partial charge is 0.251 e. The Hall–Kier alpha value is -2.82. The number of nitrogens with two attached hydrogens (primary N) is 1. The molecule has 2 aromatic rings. The lowest BCUT2D eigenvalue weighted by Crippen LogP contribution is -2.31. The second-order valence-electron chi connectivity index (χ2n) is 5.91. The van der Waals surface area contributed by atoms with Gasteiger partial charge in [-0.15, -0.1) is 0 Å². The van der Waals surface area contributed by atoms with E-state index in [0.717, 1.165) is 11.3 Å². The Bertz CT molecular complexity index is 706. The van der Waals surface area contributed by atoms with Crippen LogP contribution in [0.3, 0.4) is 0 Å². The van der Waals surface area contributed by atoms with Crippen LogP contribution in [0.4, 0.5) is 0 Å². The van der Waals surface area contributed by atoms with Gasteiger partial charge >= 0.3 is 0 Å². The molecule has 0 aliphatic heterocycles. The summed E-state index contributed by atoms with van der Waals surface area (Å²) >= 11 is 0. The maximum atomic E-state index is 12.5. The quantitative estimate of drug-likeness (QED) is 0.856. The summed E-state index contributed by atoms with van der Waals surface area (Å²) in [5.41, 5.74) is 7.08. The van der Waals surface area contributed by atoms with Gasteiger partial charge in [0, 0.05) is 11.1 Å². The number of primary amides is 1. The summed E-state index contributed by atoms with van der Waals surface area (Å²) in [4.78, 5) is 23.6. The topological polar surface area (TPSA) is 81.4 Å². The van der Waals surface area contributed by atoms with E-state index in [1.807, 2.05) is 38.1 Å². The van der Waals surface area contributed by atoms with E-state index in [0.29, 0.717) is 11.1 Å². The number of amides is 2. The SMILES string of the molecule is COc1ccc(C(NC(=O)c2ccc(C(N)=O)cc2)C(C)C)cc1. The van der Waals surface area contributed by atoms with E-state index >= 15 is 0 Å². The van der Waals surface area contributed by atoms with Crippen molar-refractivity contribution in [2.24, 2.45) is 11.7 Å². The van der Waals surface area contributed by atoms with E-state index in [4.69, 9.17) is 10.5 Å². The van der Waals surface area contributed by atoms with E-state index < -0.39 is 5.91 Å². The van der Waals surface area contributed by atoms with Crippen molar-refractivity contribution < 1.29 is 14.3 Å². The zero-order valence-corrected chi connectivity index (χ0v) is 14.1. The number of methoxy groups -OCH3 is 1. The fourth-order valence-corrected chi connectivity index (χ4v) is 2.46. The normalized spacial score (nSPS) is 11.8. The van der Waals surface area contributed by atoms with Crippen molar-refractivity contribution in [3.05, 3.63) is 65.2 Å². The average molecular weight is 326 g/mol. The van der Waals surface area contributed by atoms with E-state index in [-0.39, 0.29) is 17.9 Å². The minimum Gasteiger partial charge on any atom is -0.497 e. The molecule has 0 aliphatic rings. The van der Waals surface area contributed by atoms with Gasteiger partial charge in [-0.2, -0.15) is 0 Å². The van der Waals surface area contributed by atoms with Crippen LogP contribution in [0.1, 0.15) is 46.2 Å². The molecule has 5 heteroatoms. The van der Waals surface area contributed by atoms with Gasteiger partial charge < -0.3 is 15.8 Å². The fraction of sp³-hybridized carbons (Fsp3) is 0.263. The third kappa shape index (κ3) is 4.13. The second kappa shape index (κ2) is 7.64. The predicted molar refractivity (Wildman–Crippen MR) is 93.0 cm³/mol. The summed E-state index contributed by atoms with van der Waals surface area (Å²) in [6, 6.07) is 13.8. The Balaban J connectivity index is 2.17. The minimum atomic E-state index is -0.514. The second-order valence-corrected chi connectivity index (χ2v) is 5.91. The van der Waals surface area contributed by atoms with Crippen LogP contribution in [0.15, 0.2) is 48.5 Å². The molecule has 0 radical (unpaired) electrons. The molecule has 24 heavy (non-hydrogen) atoms. The lowest BCUT2D eigenvalue weighted by Gasteiger charge is -2.23. The number of carbonyl (C=O) groups excluding carboxylic acids is 2. The first-order chi connectivity index (χ1) is 11.4. The summed E-state index contributed by atoms with van der Waals surface area (Å²) in [6.07, 6.45) is 0. The molecule has 0 aliphatic carbocycles. The average Bonchev–Trinajstić information content (AvgIpc) is 2.59. The Morgan fingerprint density at radius 1 is 0.958 bits per heavy atom.